The molecule has 0 radical (unpaired) electrons. The Labute approximate surface area is 135 Å². The van der Waals surface area contributed by atoms with Crippen LogP contribution in [-0.4, -0.2) is 23.4 Å². The molecule has 102 valence electrons. The second-order valence-electron chi connectivity index (χ2n) is 3.51. The van der Waals surface area contributed by atoms with Gasteiger partial charge in [0.25, 0.3) is 10.0 Å². The van der Waals surface area contributed by atoms with E-state index in [1.165, 1.54) is 11.7 Å². The van der Waals surface area contributed by atoms with Crippen molar-refractivity contribution in [2.45, 2.75) is 5.03 Å². The van der Waals surface area contributed by atoms with Crippen molar-refractivity contribution in [2.75, 3.05) is 4.72 Å². The molecule has 0 spiro atoms. The van der Waals surface area contributed by atoms with Crippen LogP contribution in [0.3, 0.4) is 0 Å². The zero-order valence-corrected chi connectivity index (χ0v) is 15.0. The van der Waals surface area contributed by atoms with Crippen molar-refractivity contribution in [3.05, 3.63) is 31.7 Å². The molecule has 2 rings (SSSR count). The first-order chi connectivity index (χ1) is 8.83. The summed E-state index contributed by atoms with van der Waals surface area (Å²) in [5.41, 5.74) is 0.413. The fraction of sp³-hybridized carbons (Fsp3) is 0.111. The van der Waals surface area contributed by atoms with E-state index >= 15 is 0 Å². The van der Waals surface area contributed by atoms with E-state index in [0.29, 0.717) is 14.6 Å². The molecule has 0 saturated heterocycles. The number of aromatic nitrogens is 3. The van der Waals surface area contributed by atoms with Gasteiger partial charge in [-0.1, -0.05) is 11.3 Å². The average Bonchev–Trinajstić information content (AvgIpc) is 2.64. The number of para-hydroxylation sites is 1. The molecule has 0 unspecified atom stereocenters. The van der Waals surface area contributed by atoms with E-state index in [-0.39, 0.29) is 9.63 Å². The minimum Gasteiger partial charge on any atom is -0.276 e. The van der Waals surface area contributed by atoms with E-state index in [1.54, 1.807) is 18.2 Å². The standard InChI is InChI=1S/C9H7Br3N4O2S/c1-16-9(8(12)13-15-16)19(17,18)14-7-5(10)3-2-4-6(7)11/h2-4,14H,1H3. The maximum atomic E-state index is 12.3. The first-order valence-electron chi connectivity index (χ1n) is 4.85. The predicted octanol–water partition coefficient (Wildman–Crippen LogP) is 2.90. The predicted molar refractivity (Wildman–Crippen MR) is 81.4 cm³/mol. The highest BCUT2D eigenvalue weighted by molar-refractivity contribution is 9.11. The Balaban J connectivity index is 2.49. The summed E-state index contributed by atoms with van der Waals surface area (Å²) in [5, 5.41) is 7.26. The summed E-state index contributed by atoms with van der Waals surface area (Å²) < 4.78 is 29.7. The zero-order chi connectivity index (χ0) is 14.2. The lowest BCUT2D eigenvalue weighted by atomic mass is 10.3. The molecule has 0 saturated carbocycles. The number of nitrogens with zero attached hydrogens (tertiary/aromatic N) is 3. The lowest BCUT2D eigenvalue weighted by Gasteiger charge is -2.11. The van der Waals surface area contributed by atoms with Crippen molar-refractivity contribution in [3.63, 3.8) is 0 Å². The Hall–Kier alpha value is -0.450. The molecule has 0 aliphatic rings. The molecule has 0 amide bonds. The van der Waals surface area contributed by atoms with Crippen LogP contribution in [0.15, 0.2) is 36.8 Å². The van der Waals surface area contributed by atoms with Gasteiger partial charge in [-0.15, -0.1) is 5.10 Å². The topological polar surface area (TPSA) is 76.9 Å². The summed E-state index contributed by atoms with van der Waals surface area (Å²) >= 11 is 9.65. The maximum absolute atomic E-state index is 12.3. The van der Waals surface area contributed by atoms with Crippen molar-refractivity contribution in [2.24, 2.45) is 7.05 Å². The van der Waals surface area contributed by atoms with Crippen LogP contribution in [0.1, 0.15) is 0 Å². The Morgan fingerprint density at radius 2 is 1.79 bits per heavy atom. The number of aryl methyl sites for hydroxylation is 1. The summed E-state index contributed by atoms with van der Waals surface area (Å²) in [6.45, 7) is 0. The van der Waals surface area contributed by atoms with Gasteiger partial charge < -0.3 is 0 Å². The molecule has 0 atom stereocenters. The quantitative estimate of drug-likeness (QED) is 0.742. The van der Waals surface area contributed by atoms with E-state index in [4.69, 9.17) is 0 Å². The van der Waals surface area contributed by atoms with E-state index in [1.807, 2.05) is 0 Å². The van der Waals surface area contributed by atoms with E-state index in [2.05, 4.69) is 62.8 Å². The normalized spacial score (nSPS) is 11.6. The molecule has 19 heavy (non-hydrogen) atoms. The minimum atomic E-state index is -3.80. The molecule has 10 heteroatoms. The Morgan fingerprint density at radius 3 is 2.26 bits per heavy atom. The second-order valence-corrected chi connectivity index (χ2v) is 7.57. The number of anilines is 1. The van der Waals surface area contributed by atoms with Crippen LogP contribution in [0.25, 0.3) is 0 Å². The molecule has 0 bridgehead atoms. The Bertz CT molecular complexity index is 689. The third kappa shape index (κ3) is 3.01. The van der Waals surface area contributed by atoms with Gasteiger partial charge in [-0.3, -0.25) is 4.72 Å². The van der Waals surface area contributed by atoms with Crippen LogP contribution in [0.4, 0.5) is 5.69 Å². The average molecular weight is 475 g/mol. The Kier molecular flexibility index (Phi) is 4.33. The number of benzene rings is 1. The molecule has 0 fully saturated rings. The highest BCUT2D eigenvalue weighted by Gasteiger charge is 2.25. The van der Waals surface area contributed by atoms with Crippen LogP contribution in [-0.2, 0) is 17.1 Å². The SMILES string of the molecule is Cn1nnc(Br)c1S(=O)(=O)Nc1c(Br)cccc1Br. The summed E-state index contributed by atoms with van der Waals surface area (Å²) in [7, 11) is -2.29. The second kappa shape index (κ2) is 5.51. The Morgan fingerprint density at radius 1 is 1.21 bits per heavy atom. The molecule has 2 aromatic rings. The highest BCUT2D eigenvalue weighted by atomic mass is 79.9. The molecule has 0 aliphatic carbocycles. The molecular weight excluding hydrogens is 468 g/mol. The molecule has 1 aromatic carbocycles. The fourth-order valence-electron chi connectivity index (χ4n) is 1.39. The number of hydrogen-bond acceptors (Lipinski definition) is 4. The summed E-state index contributed by atoms with van der Waals surface area (Å²) in [6, 6.07) is 5.26. The largest absolute Gasteiger partial charge is 0.281 e. The first-order valence-corrected chi connectivity index (χ1v) is 8.71. The van der Waals surface area contributed by atoms with Crippen molar-refractivity contribution >= 4 is 63.5 Å². The van der Waals surface area contributed by atoms with Crippen molar-refractivity contribution in [1.29, 1.82) is 0 Å². The molecule has 1 N–H and O–H groups in total. The van der Waals surface area contributed by atoms with E-state index < -0.39 is 10.0 Å². The highest BCUT2D eigenvalue weighted by Crippen LogP contribution is 2.33. The van der Waals surface area contributed by atoms with Crippen LogP contribution < -0.4 is 4.72 Å². The molecule has 6 nitrogen and oxygen atoms in total. The number of nitrogens with one attached hydrogen (secondary N) is 1. The molecule has 1 aromatic heterocycles. The van der Waals surface area contributed by atoms with Crippen LogP contribution >= 0.6 is 47.8 Å². The third-order valence-electron chi connectivity index (χ3n) is 2.19. The molecule has 0 aliphatic heterocycles. The lowest BCUT2D eigenvalue weighted by Crippen LogP contribution is -2.17. The fourth-order valence-corrected chi connectivity index (χ4v) is 5.04. The first kappa shape index (κ1) is 14.9. The lowest BCUT2D eigenvalue weighted by molar-refractivity contribution is 0.578. The van der Waals surface area contributed by atoms with E-state index in [9.17, 15) is 8.42 Å². The van der Waals surface area contributed by atoms with Gasteiger partial charge in [0.1, 0.15) is 0 Å². The van der Waals surface area contributed by atoms with Crippen LogP contribution in [0.2, 0.25) is 0 Å². The summed E-state index contributed by atoms with van der Waals surface area (Å²) in [6.07, 6.45) is 0. The van der Waals surface area contributed by atoms with Crippen molar-refractivity contribution in [1.82, 2.24) is 15.0 Å². The van der Waals surface area contributed by atoms with E-state index in [0.717, 1.165) is 0 Å². The van der Waals surface area contributed by atoms with Gasteiger partial charge >= 0.3 is 0 Å². The van der Waals surface area contributed by atoms with Crippen molar-refractivity contribution < 1.29 is 8.42 Å². The van der Waals surface area contributed by atoms with Crippen molar-refractivity contribution in [3.8, 4) is 0 Å². The third-order valence-corrected chi connectivity index (χ3v) is 5.75. The van der Waals surface area contributed by atoms with Gasteiger partial charge in [0.05, 0.1) is 5.69 Å². The summed E-state index contributed by atoms with van der Waals surface area (Å²) in [5.74, 6) is 0. The van der Waals surface area contributed by atoms with Gasteiger partial charge in [0.2, 0.25) is 5.03 Å². The van der Waals surface area contributed by atoms with Crippen LogP contribution in [0.5, 0.6) is 0 Å². The molecule has 1 heterocycles. The zero-order valence-electron chi connectivity index (χ0n) is 9.43. The number of hydrogen-bond donors (Lipinski definition) is 1. The minimum absolute atomic E-state index is 0.0462. The maximum Gasteiger partial charge on any atom is 0.281 e. The van der Waals surface area contributed by atoms with Gasteiger partial charge in [-0.05, 0) is 59.9 Å². The van der Waals surface area contributed by atoms with Crippen LogP contribution in [0, 0.1) is 0 Å². The monoisotopic (exact) mass is 472 g/mol. The smallest absolute Gasteiger partial charge is 0.276 e. The number of sulfonamides is 1. The van der Waals surface area contributed by atoms with Gasteiger partial charge in [-0.25, -0.2) is 4.68 Å². The molecular formula is C9H7Br3N4O2S. The van der Waals surface area contributed by atoms with Gasteiger partial charge in [0, 0.05) is 16.0 Å². The van der Waals surface area contributed by atoms with Gasteiger partial charge in [0.15, 0.2) is 4.60 Å². The summed E-state index contributed by atoms with van der Waals surface area (Å²) in [4.78, 5) is 0. The number of rotatable bonds is 3. The number of halogens is 3. The van der Waals surface area contributed by atoms with Gasteiger partial charge in [-0.2, -0.15) is 8.42 Å².